The largest absolute Gasteiger partial charge is 0.397 e. The van der Waals surface area contributed by atoms with Gasteiger partial charge in [0, 0.05) is 16.8 Å². The van der Waals surface area contributed by atoms with Gasteiger partial charge in [-0.3, -0.25) is 9.59 Å². The summed E-state index contributed by atoms with van der Waals surface area (Å²) in [6.07, 6.45) is 0. The lowest BCUT2D eigenvalue weighted by Gasteiger charge is -2.23. The summed E-state index contributed by atoms with van der Waals surface area (Å²) in [5, 5.41) is 3.13. The number of hydrogen-bond acceptors (Lipinski definition) is 5. The summed E-state index contributed by atoms with van der Waals surface area (Å²) < 4.78 is 21.6. The number of ketones is 2. The van der Waals surface area contributed by atoms with Crippen LogP contribution in [0.1, 0.15) is 57.2 Å². The summed E-state index contributed by atoms with van der Waals surface area (Å²) in [7, 11) is 0. The molecular weight excluding hydrogens is 400 g/mol. The highest BCUT2D eigenvalue weighted by Gasteiger charge is 2.35. The van der Waals surface area contributed by atoms with Crippen LogP contribution in [0.4, 0.5) is 17.1 Å². The van der Waals surface area contributed by atoms with E-state index in [1.165, 1.54) is 6.07 Å². The van der Waals surface area contributed by atoms with Gasteiger partial charge < -0.3 is 15.6 Å². The molecule has 3 aromatic carbocycles. The van der Waals surface area contributed by atoms with E-state index in [9.17, 15) is 18.4 Å². The number of nitrogens with two attached hydrogens (primary N) is 1. The molecule has 0 fully saturated rings. The summed E-state index contributed by atoms with van der Waals surface area (Å²) in [5.41, 5.74) is 8.60. The molecule has 0 saturated heterocycles. The van der Waals surface area contributed by atoms with E-state index in [1.54, 1.807) is 24.3 Å². The Morgan fingerprint density at radius 3 is 2.03 bits per heavy atom. The number of carbonyl (C=O) groups excluding carboxylic acids is 2. The van der Waals surface area contributed by atoms with Crippen LogP contribution in [-0.2, 0) is 11.1 Å². The topological polar surface area (TPSA) is 109 Å². The zero-order valence-corrected chi connectivity index (χ0v) is 17.2. The molecule has 1 aliphatic carbocycles. The fraction of sp³-hybridized carbons (Fsp3) is 0.130. The molecule has 0 spiro atoms. The number of benzene rings is 3. The Bertz CT molecular complexity index is 1220. The number of nitrogen functional groups attached to an aromatic ring is 1. The maximum Gasteiger partial charge on any atom is 0.196 e. The molecule has 30 heavy (non-hydrogen) atoms. The van der Waals surface area contributed by atoms with Gasteiger partial charge in [0.25, 0.3) is 0 Å². The normalized spacial score (nSPS) is 13.7. The van der Waals surface area contributed by atoms with Crippen molar-refractivity contribution in [2.45, 2.75) is 24.7 Å². The number of fused-ring (bicyclic) bond motifs is 2. The molecule has 3 aromatic rings. The molecule has 7 heteroatoms. The molecule has 0 bridgehead atoms. The SMILES string of the molecule is CC(C)c1ccc(Nc2cc(S(=O)O)c(N)c3c2C(=O)c2ccccc2C3=O)cc1. The molecule has 0 aliphatic heterocycles. The van der Waals surface area contributed by atoms with E-state index in [2.05, 4.69) is 19.2 Å². The van der Waals surface area contributed by atoms with Crippen molar-refractivity contribution in [2.75, 3.05) is 11.1 Å². The Hall–Kier alpha value is -3.29. The Kier molecular flexibility index (Phi) is 5.01. The first kappa shape index (κ1) is 20.0. The predicted octanol–water partition coefficient (Wildman–Crippen LogP) is 4.49. The summed E-state index contributed by atoms with van der Waals surface area (Å²) in [6, 6.07) is 15.5. The lowest BCUT2D eigenvalue weighted by Crippen LogP contribution is -2.24. The van der Waals surface area contributed by atoms with Crippen molar-refractivity contribution >= 4 is 39.7 Å². The second-order valence-electron chi connectivity index (χ2n) is 7.44. The standard InChI is InChI=1S/C23H20N2O4S/c1-12(2)13-7-9-14(10-8-13)25-17-11-18(30(28)29)21(24)20-19(17)22(26)15-5-3-4-6-16(15)23(20)27/h3-12,25H,24H2,1-2H3,(H,28,29). The minimum atomic E-state index is -2.43. The van der Waals surface area contributed by atoms with Crippen LogP contribution in [0.25, 0.3) is 0 Å². The maximum absolute atomic E-state index is 13.3. The smallest absolute Gasteiger partial charge is 0.196 e. The Labute approximate surface area is 176 Å². The molecule has 4 rings (SSSR count). The first-order chi connectivity index (χ1) is 14.3. The Morgan fingerprint density at radius 2 is 1.50 bits per heavy atom. The average molecular weight is 420 g/mol. The van der Waals surface area contributed by atoms with E-state index < -0.39 is 16.9 Å². The van der Waals surface area contributed by atoms with Crippen LogP contribution in [0.3, 0.4) is 0 Å². The van der Waals surface area contributed by atoms with E-state index >= 15 is 0 Å². The van der Waals surface area contributed by atoms with Crippen LogP contribution < -0.4 is 11.1 Å². The van der Waals surface area contributed by atoms with Gasteiger partial charge in [-0.15, -0.1) is 0 Å². The van der Waals surface area contributed by atoms with Gasteiger partial charge in [-0.25, -0.2) is 4.21 Å². The molecule has 0 aromatic heterocycles. The monoisotopic (exact) mass is 420 g/mol. The van der Waals surface area contributed by atoms with E-state index in [4.69, 9.17) is 5.73 Å². The molecule has 0 amide bonds. The van der Waals surface area contributed by atoms with Crippen molar-refractivity contribution in [3.63, 3.8) is 0 Å². The highest BCUT2D eigenvalue weighted by Crippen LogP contribution is 2.39. The molecule has 4 N–H and O–H groups in total. The van der Waals surface area contributed by atoms with Crippen molar-refractivity contribution in [1.82, 2.24) is 0 Å². The molecule has 0 heterocycles. The molecule has 152 valence electrons. The van der Waals surface area contributed by atoms with Gasteiger partial charge in [-0.1, -0.05) is 50.2 Å². The van der Waals surface area contributed by atoms with Crippen LogP contribution >= 0.6 is 0 Å². The van der Waals surface area contributed by atoms with Gasteiger partial charge in [0.2, 0.25) is 0 Å². The van der Waals surface area contributed by atoms with E-state index in [-0.39, 0.29) is 44.3 Å². The summed E-state index contributed by atoms with van der Waals surface area (Å²) in [6.45, 7) is 4.17. The molecule has 1 unspecified atom stereocenters. The van der Waals surface area contributed by atoms with E-state index in [1.807, 2.05) is 24.3 Å². The number of hydrogen-bond donors (Lipinski definition) is 3. The second kappa shape index (κ2) is 7.51. The summed E-state index contributed by atoms with van der Waals surface area (Å²) >= 11 is -2.43. The van der Waals surface area contributed by atoms with Gasteiger partial charge >= 0.3 is 0 Å². The minimum absolute atomic E-state index is 0.0418. The van der Waals surface area contributed by atoms with E-state index in [0.717, 1.165) is 5.56 Å². The van der Waals surface area contributed by atoms with Gasteiger partial charge in [0.15, 0.2) is 22.6 Å². The third kappa shape index (κ3) is 3.22. The van der Waals surface area contributed by atoms with Crippen molar-refractivity contribution in [2.24, 2.45) is 0 Å². The first-order valence-corrected chi connectivity index (χ1v) is 10.5. The molecule has 1 atom stereocenters. The Morgan fingerprint density at radius 1 is 0.933 bits per heavy atom. The number of carbonyl (C=O) groups is 2. The van der Waals surface area contributed by atoms with Gasteiger partial charge in [-0.2, -0.15) is 0 Å². The minimum Gasteiger partial charge on any atom is -0.397 e. The second-order valence-corrected chi connectivity index (χ2v) is 8.38. The van der Waals surface area contributed by atoms with Crippen molar-refractivity contribution in [3.8, 4) is 0 Å². The third-order valence-corrected chi connectivity index (χ3v) is 5.96. The summed E-state index contributed by atoms with van der Waals surface area (Å²) in [4.78, 5) is 26.3. The highest BCUT2D eigenvalue weighted by atomic mass is 32.2. The van der Waals surface area contributed by atoms with E-state index in [0.29, 0.717) is 11.6 Å². The molecule has 0 saturated carbocycles. The van der Waals surface area contributed by atoms with Gasteiger partial charge in [-0.05, 0) is 29.7 Å². The number of nitrogens with one attached hydrogen (secondary N) is 1. The Balaban J connectivity index is 1.91. The zero-order valence-electron chi connectivity index (χ0n) is 16.4. The van der Waals surface area contributed by atoms with Crippen LogP contribution in [-0.4, -0.2) is 20.3 Å². The molecule has 1 aliphatic rings. The van der Waals surface area contributed by atoms with Gasteiger partial charge in [0.1, 0.15) is 0 Å². The van der Waals surface area contributed by atoms with Crippen molar-refractivity contribution in [3.05, 3.63) is 82.4 Å². The van der Waals surface area contributed by atoms with Crippen LogP contribution in [0.15, 0.2) is 59.5 Å². The van der Waals surface area contributed by atoms with Crippen molar-refractivity contribution in [1.29, 1.82) is 0 Å². The first-order valence-electron chi connectivity index (χ1n) is 9.42. The van der Waals surface area contributed by atoms with Gasteiger partial charge in [0.05, 0.1) is 27.4 Å². The third-order valence-electron chi connectivity index (χ3n) is 5.24. The van der Waals surface area contributed by atoms with Crippen molar-refractivity contribution < 1.29 is 18.4 Å². The lowest BCUT2D eigenvalue weighted by atomic mass is 9.82. The number of rotatable bonds is 4. The molecule has 0 radical (unpaired) electrons. The molecular formula is C23H20N2O4S. The summed E-state index contributed by atoms with van der Waals surface area (Å²) in [5.74, 6) is -0.436. The van der Waals surface area contributed by atoms with Crippen LogP contribution in [0, 0.1) is 0 Å². The predicted molar refractivity (Wildman–Crippen MR) is 117 cm³/mol. The van der Waals surface area contributed by atoms with Crippen LogP contribution in [0.2, 0.25) is 0 Å². The van der Waals surface area contributed by atoms with Crippen LogP contribution in [0.5, 0.6) is 0 Å². The lowest BCUT2D eigenvalue weighted by molar-refractivity contribution is 0.0980. The fourth-order valence-corrected chi connectivity index (χ4v) is 4.15. The fourth-order valence-electron chi connectivity index (χ4n) is 3.64. The zero-order chi connectivity index (χ0) is 21.6. The average Bonchev–Trinajstić information content (AvgIpc) is 2.73. The number of anilines is 3. The quantitative estimate of drug-likeness (QED) is 0.331. The molecule has 6 nitrogen and oxygen atoms in total. The highest BCUT2D eigenvalue weighted by molar-refractivity contribution is 7.79. The maximum atomic E-state index is 13.3.